The van der Waals surface area contributed by atoms with Crippen LogP contribution in [0, 0.1) is 0 Å². The molecule has 1 saturated heterocycles. The molecule has 20 heavy (non-hydrogen) atoms. The van der Waals surface area contributed by atoms with Crippen LogP contribution in [-0.4, -0.2) is 37.4 Å². The zero-order chi connectivity index (χ0) is 14.8. The molecular weight excluding hydrogens is 275 g/mol. The number of hydrogen-bond donors (Lipinski definition) is 0. The van der Waals surface area contributed by atoms with E-state index in [0.717, 1.165) is 6.42 Å². The minimum Gasteiger partial charge on any atom is -0.468 e. The van der Waals surface area contributed by atoms with E-state index in [1.165, 1.54) is 25.3 Å². The summed E-state index contributed by atoms with van der Waals surface area (Å²) in [6.07, 6.45) is -3.80. The minimum atomic E-state index is -4.75. The Kier molecular flexibility index (Phi) is 4.17. The van der Waals surface area contributed by atoms with Crippen LogP contribution in [0.4, 0.5) is 13.2 Å². The van der Waals surface area contributed by atoms with Gasteiger partial charge in [-0.25, -0.2) is 4.79 Å². The summed E-state index contributed by atoms with van der Waals surface area (Å²) in [5.74, 6) is -0.835. The molecular formula is C13H14F3NO3. The summed E-state index contributed by atoms with van der Waals surface area (Å²) in [5.41, 5.74) is 0.429. The van der Waals surface area contributed by atoms with Crippen molar-refractivity contribution in [3.05, 3.63) is 29.8 Å². The summed E-state index contributed by atoms with van der Waals surface area (Å²) in [5, 5.41) is 0. The number of carbonyl (C=O) groups excluding carboxylic acids is 1. The van der Waals surface area contributed by atoms with Gasteiger partial charge in [0.1, 0.15) is 11.8 Å². The van der Waals surface area contributed by atoms with Crippen molar-refractivity contribution in [2.45, 2.75) is 18.8 Å². The quantitative estimate of drug-likeness (QED) is 0.798. The normalized spacial score (nSPS) is 17.2. The molecule has 0 bridgehead atoms. The van der Waals surface area contributed by atoms with E-state index in [2.05, 4.69) is 4.74 Å². The average molecular weight is 289 g/mol. The number of methoxy groups -OCH3 is 1. The predicted molar refractivity (Wildman–Crippen MR) is 64.1 cm³/mol. The van der Waals surface area contributed by atoms with E-state index in [0.29, 0.717) is 18.7 Å². The Bertz CT molecular complexity index is 486. The maximum absolute atomic E-state index is 12.2. The van der Waals surface area contributed by atoms with Crippen LogP contribution >= 0.6 is 0 Å². The van der Waals surface area contributed by atoms with Gasteiger partial charge in [-0.3, -0.25) is 4.90 Å². The Balaban J connectivity index is 2.24. The van der Waals surface area contributed by atoms with Crippen molar-refractivity contribution in [1.82, 2.24) is 4.90 Å². The third-order valence-corrected chi connectivity index (χ3v) is 3.09. The van der Waals surface area contributed by atoms with Crippen LogP contribution in [-0.2, 0) is 9.53 Å². The molecule has 1 atom stereocenters. The molecule has 0 saturated carbocycles. The predicted octanol–water partition coefficient (Wildman–Crippen LogP) is 2.50. The lowest BCUT2D eigenvalue weighted by Gasteiger charge is -2.36. The fraction of sp³-hybridized carbons (Fsp3) is 0.462. The molecule has 1 aromatic rings. The molecule has 1 aromatic carbocycles. The number of carbonyl (C=O) groups is 1. The number of ether oxygens (including phenoxy) is 2. The van der Waals surface area contributed by atoms with Crippen molar-refractivity contribution in [1.29, 1.82) is 0 Å². The Hall–Kier alpha value is -1.76. The number of halogens is 3. The van der Waals surface area contributed by atoms with Crippen LogP contribution in [0.25, 0.3) is 0 Å². The molecule has 2 rings (SSSR count). The van der Waals surface area contributed by atoms with Gasteiger partial charge in [-0.2, -0.15) is 0 Å². The highest BCUT2D eigenvalue weighted by atomic mass is 19.4. The van der Waals surface area contributed by atoms with Gasteiger partial charge >= 0.3 is 12.3 Å². The van der Waals surface area contributed by atoms with Gasteiger partial charge in [-0.05, 0) is 24.1 Å². The summed E-state index contributed by atoms with van der Waals surface area (Å²) >= 11 is 0. The smallest absolute Gasteiger partial charge is 0.468 e. The van der Waals surface area contributed by atoms with Gasteiger partial charge in [0.05, 0.1) is 7.11 Å². The lowest BCUT2D eigenvalue weighted by molar-refractivity contribution is -0.274. The van der Waals surface area contributed by atoms with Crippen molar-refractivity contribution < 1.29 is 27.4 Å². The summed E-state index contributed by atoms with van der Waals surface area (Å²) in [6.45, 7) is 1.42. The van der Waals surface area contributed by atoms with Crippen molar-refractivity contribution in [3.8, 4) is 5.75 Å². The highest BCUT2D eigenvalue weighted by Crippen LogP contribution is 2.30. The zero-order valence-electron chi connectivity index (χ0n) is 10.8. The van der Waals surface area contributed by atoms with Gasteiger partial charge in [-0.1, -0.05) is 12.1 Å². The van der Waals surface area contributed by atoms with Crippen LogP contribution in [0.5, 0.6) is 5.75 Å². The summed E-state index contributed by atoms with van der Waals surface area (Å²) in [4.78, 5) is 13.7. The average Bonchev–Trinajstić information content (AvgIpc) is 2.30. The van der Waals surface area contributed by atoms with Gasteiger partial charge in [-0.15, -0.1) is 13.2 Å². The Labute approximate surface area is 114 Å². The van der Waals surface area contributed by atoms with Gasteiger partial charge < -0.3 is 9.47 Å². The summed E-state index contributed by atoms with van der Waals surface area (Å²) in [7, 11) is 1.26. The first-order valence-electron chi connectivity index (χ1n) is 6.08. The van der Waals surface area contributed by atoms with Crippen molar-refractivity contribution in [3.63, 3.8) is 0 Å². The maximum atomic E-state index is 12.2. The SMILES string of the molecule is COC(=O)C(c1cccc(OC(F)(F)F)c1)N1CCC1. The monoisotopic (exact) mass is 289 g/mol. The van der Waals surface area contributed by atoms with Crippen LogP contribution in [0.2, 0.25) is 0 Å². The summed E-state index contributed by atoms with van der Waals surface area (Å²) in [6, 6.07) is 4.73. The molecule has 7 heteroatoms. The first-order chi connectivity index (χ1) is 9.40. The third kappa shape index (κ3) is 3.41. The van der Waals surface area contributed by atoms with E-state index < -0.39 is 18.4 Å². The number of hydrogen-bond acceptors (Lipinski definition) is 4. The van der Waals surface area contributed by atoms with Crippen LogP contribution in [0.1, 0.15) is 18.0 Å². The van der Waals surface area contributed by atoms with Crippen LogP contribution < -0.4 is 4.74 Å². The molecule has 0 aromatic heterocycles. The second-order valence-electron chi connectivity index (χ2n) is 4.44. The fourth-order valence-corrected chi connectivity index (χ4v) is 2.09. The highest BCUT2D eigenvalue weighted by molar-refractivity contribution is 5.77. The van der Waals surface area contributed by atoms with Crippen LogP contribution in [0.15, 0.2) is 24.3 Å². The molecule has 1 aliphatic rings. The third-order valence-electron chi connectivity index (χ3n) is 3.09. The van der Waals surface area contributed by atoms with Crippen molar-refractivity contribution in [2.24, 2.45) is 0 Å². The second-order valence-corrected chi connectivity index (χ2v) is 4.44. The van der Waals surface area contributed by atoms with Crippen molar-refractivity contribution in [2.75, 3.05) is 20.2 Å². The largest absolute Gasteiger partial charge is 0.573 e. The van der Waals surface area contributed by atoms with E-state index in [9.17, 15) is 18.0 Å². The Morgan fingerprint density at radius 3 is 2.55 bits per heavy atom. The van der Waals surface area contributed by atoms with E-state index in [4.69, 9.17) is 4.74 Å². The van der Waals surface area contributed by atoms with E-state index in [-0.39, 0.29) is 5.75 Å². The fourth-order valence-electron chi connectivity index (χ4n) is 2.09. The zero-order valence-corrected chi connectivity index (χ0v) is 10.8. The molecule has 0 amide bonds. The van der Waals surface area contributed by atoms with Crippen molar-refractivity contribution >= 4 is 5.97 Å². The maximum Gasteiger partial charge on any atom is 0.573 e. The lowest BCUT2D eigenvalue weighted by Crippen LogP contribution is -2.43. The van der Waals surface area contributed by atoms with E-state index >= 15 is 0 Å². The minimum absolute atomic E-state index is 0.343. The number of rotatable bonds is 4. The van der Waals surface area contributed by atoms with Gasteiger partial charge in [0.15, 0.2) is 0 Å². The Morgan fingerprint density at radius 2 is 2.05 bits per heavy atom. The van der Waals surface area contributed by atoms with Crippen LogP contribution in [0.3, 0.4) is 0 Å². The van der Waals surface area contributed by atoms with Gasteiger partial charge in [0.25, 0.3) is 0 Å². The van der Waals surface area contributed by atoms with Gasteiger partial charge in [0.2, 0.25) is 0 Å². The molecule has 1 fully saturated rings. The Morgan fingerprint density at radius 1 is 1.35 bits per heavy atom. The molecule has 1 heterocycles. The molecule has 0 spiro atoms. The molecule has 0 radical (unpaired) electrons. The topological polar surface area (TPSA) is 38.8 Å². The first kappa shape index (κ1) is 14.6. The number of nitrogens with zero attached hydrogens (tertiary/aromatic N) is 1. The number of likely N-dealkylation sites (tertiary alicyclic amines) is 1. The summed E-state index contributed by atoms with van der Waals surface area (Å²) < 4.78 is 45.2. The van der Waals surface area contributed by atoms with Gasteiger partial charge in [0, 0.05) is 13.1 Å². The second kappa shape index (κ2) is 5.70. The lowest BCUT2D eigenvalue weighted by atomic mass is 10.0. The molecule has 1 unspecified atom stereocenters. The highest BCUT2D eigenvalue weighted by Gasteiger charge is 2.34. The molecule has 1 aliphatic heterocycles. The number of alkyl halides is 3. The molecule has 0 aliphatic carbocycles. The molecule has 0 N–H and O–H groups in total. The molecule has 4 nitrogen and oxygen atoms in total. The first-order valence-corrected chi connectivity index (χ1v) is 6.08. The molecule has 110 valence electrons. The number of esters is 1. The standard InChI is InChI=1S/C13H14F3NO3/c1-19-12(18)11(17-6-3-7-17)9-4-2-5-10(8-9)20-13(14,15)16/h2,4-5,8,11H,3,6-7H2,1H3. The van der Waals surface area contributed by atoms with E-state index in [1.807, 2.05) is 4.90 Å². The number of benzene rings is 1. The van der Waals surface area contributed by atoms with E-state index in [1.54, 1.807) is 6.07 Å².